The van der Waals surface area contributed by atoms with Crippen molar-refractivity contribution < 1.29 is 0 Å². The molecule has 3 rings (SSSR count). The van der Waals surface area contributed by atoms with Crippen molar-refractivity contribution in [1.82, 2.24) is 9.55 Å². The number of rotatable bonds is 6. The fourth-order valence-corrected chi connectivity index (χ4v) is 3.09. The molecule has 102 valence electrons. The molecule has 1 aromatic carbocycles. The van der Waals surface area contributed by atoms with Crippen LogP contribution in [0.3, 0.4) is 0 Å². The molecule has 1 aromatic heterocycles. The number of nitrogens with zero attached hydrogens (tertiary/aromatic N) is 2. The number of halogens is 2. The van der Waals surface area contributed by atoms with E-state index in [-0.39, 0.29) is 0 Å². The van der Waals surface area contributed by atoms with Crippen LogP contribution in [0.2, 0.25) is 5.02 Å². The van der Waals surface area contributed by atoms with Gasteiger partial charge in [-0.05, 0) is 30.9 Å². The predicted molar refractivity (Wildman–Crippen MR) is 81.1 cm³/mol. The van der Waals surface area contributed by atoms with Crippen LogP contribution in [0, 0.1) is 5.92 Å². The lowest BCUT2D eigenvalue weighted by atomic mass is 10.2. The van der Waals surface area contributed by atoms with Crippen LogP contribution >= 0.6 is 23.2 Å². The largest absolute Gasteiger partial charge is 0.327 e. The molecule has 1 heterocycles. The van der Waals surface area contributed by atoms with E-state index in [0.717, 1.165) is 40.8 Å². The Bertz CT molecular complexity index is 573. The highest BCUT2D eigenvalue weighted by Gasteiger charge is 2.21. The number of hydrogen-bond acceptors (Lipinski definition) is 1. The Kier molecular flexibility index (Phi) is 3.99. The normalized spacial score (nSPS) is 15.3. The third-order valence-electron chi connectivity index (χ3n) is 3.81. The molecular weight excluding hydrogens is 279 g/mol. The molecule has 1 fully saturated rings. The summed E-state index contributed by atoms with van der Waals surface area (Å²) < 4.78 is 2.27. The smallest absolute Gasteiger partial charge is 0.111 e. The summed E-state index contributed by atoms with van der Waals surface area (Å²) in [4.78, 5) is 4.67. The van der Waals surface area contributed by atoms with Gasteiger partial charge in [-0.25, -0.2) is 4.98 Å². The maximum absolute atomic E-state index is 6.34. The van der Waals surface area contributed by atoms with E-state index in [9.17, 15) is 0 Å². The molecule has 0 saturated heterocycles. The first-order valence-electron chi connectivity index (χ1n) is 6.99. The summed E-state index contributed by atoms with van der Waals surface area (Å²) in [6.45, 7) is 1.00. The zero-order valence-electron chi connectivity index (χ0n) is 10.9. The number of aromatic nitrogens is 2. The van der Waals surface area contributed by atoms with E-state index in [1.54, 1.807) is 0 Å². The van der Waals surface area contributed by atoms with Gasteiger partial charge in [0.15, 0.2) is 0 Å². The molecule has 0 unspecified atom stereocenters. The molecule has 2 aromatic rings. The second-order valence-corrected chi connectivity index (χ2v) is 6.10. The molecule has 0 N–H and O–H groups in total. The van der Waals surface area contributed by atoms with Gasteiger partial charge in [0.2, 0.25) is 0 Å². The number of benzene rings is 1. The molecule has 4 heteroatoms. The molecule has 1 aliphatic carbocycles. The van der Waals surface area contributed by atoms with Crippen LogP contribution in [-0.2, 0) is 13.0 Å². The van der Waals surface area contributed by atoms with Crippen LogP contribution in [-0.4, -0.2) is 15.4 Å². The van der Waals surface area contributed by atoms with E-state index in [1.165, 1.54) is 25.7 Å². The number of imidazole rings is 1. The van der Waals surface area contributed by atoms with Gasteiger partial charge in [-0.1, -0.05) is 30.5 Å². The Morgan fingerprint density at radius 3 is 2.89 bits per heavy atom. The standard InChI is InChI=1S/C15H18Cl2N2/c16-9-8-14-18-13-5-1-4-12(17)15(13)19(14)10-2-3-11-6-7-11/h1,4-5,11H,2-3,6-10H2. The lowest BCUT2D eigenvalue weighted by Gasteiger charge is -2.09. The average molecular weight is 297 g/mol. The van der Waals surface area contributed by atoms with Crippen molar-refractivity contribution >= 4 is 34.2 Å². The van der Waals surface area contributed by atoms with Gasteiger partial charge >= 0.3 is 0 Å². The summed E-state index contributed by atoms with van der Waals surface area (Å²) in [7, 11) is 0. The first-order valence-corrected chi connectivity index (χ1v) is 7.90. The highest BCUT2D eigenvalue weighted by atomic mass is 35.5. The molecule has 0 amide bonds. The van der Waals surface area contributed by atoms with Gasteiger partial charge in [-0.2, -0.15) is 0 Å². The molecule has 0 spiro atoms. The van der Waals surface area contributed by atoms with E-state index >= 15 is 0 Å². The summed E-state index contributed by atoms with van der Waals surface area (Å²) in [5.74, 6) is 2.64. The molecule has 2 nitrogen and oxygen atoms in total. The van der Waals surface area contributed by atoms with E-state index in [1.807, 2.05) is 18.2 Å². The number of fused-ring (bicyclic) bond motifs is 1. The summed E-state index contributed by atoms with van der Waals surface area (Å²) in [5, 5.41) is 0.789. The van der Waals surface area contributed by atoms with E-state index in [4.69, 9.17) is 23.2 Å². The first kappa shape index (κ1) is 13.3. The zero-order chi connectivity index (χ0) is 13.2. The molecular formula is C15H18Cl2N2. The fourth-order valence-electron chi connectivity index (χ4n) is 2.65. The lowest BCUT2D eigenvalue weighted by molar-refractivity contribution is 0.571. The summed E-state index contributed by atoms with van der Waals surface area (Å²) in [6, 6.07) is 5.92. The molecule has 19 heavy (non-hydrogen) atoms. The summed E-state index contributed by atoms with van der Waals surface area (Å²) in [5.41, 5.74) is 2.05. The third kappa shape index (κ3) is 2.90. The van der Waals surface area contributed by atoms with Crippen LogP contribution in [0.4, 0.5) is 0 Å². The van der Waals surface area contributed by atoms with E-state index < -0.39 is 0 Å². The molecule has 1 saturated carbocycles. The molecule has 0 atom stereocenters. The Morgan fingerprint density at radius 2 is 2.16 bits per heavy atom. The van der Waals surface area contributed by atoms with Crippen LogP contribution in [0.5, 0.6) is 0 Å². The third-order valence-corrected chi connectivity index (χ3v) is 4.30. The van der Waals surface area contributed by atoms with Gasteiger partial charge < -0.3 is 4.57 Å². The number of aryl methyl sites for hydroxylation is 2. The van der Waals surface area contributed by atoms with Crippen molar-refractivity contribution in [2.24, 2.45) is 5.92 Å². The van der Waals surface area contributed by atoms with Crippen LogP contribution in [0.25, 0.3) is 11.0 Å². The van der Waals surface area contributed by atoms with Crippen molar-refractivity contribution in [2.45, 2.75) is 38.6 Å². The SMILES string of the molecule is ClCCc1nc2cccc(Cl)c2n1CCCC1CC1. The van der Waals surface area contributed by atoms with Gasteiger partial charge in [0.25, 0.3) is 0 Å². The average Bonchev–Trinajstić information content (AvgIpc) is 3.14. The Morgan fingerprint density at radius 1 is 1.32 bits per heavy atom. The van der Waals surface area contributed by atoms with Gasteiger partial charge in [0.05, 0.1) is 16.1 Å². The second-order valence-electron chi connectivity index (χ2n) is 5.31. The van der Waals surface area contributed by atoms with Crippen molar-refractivity contribution in [3.63, 3.8) is 0 Å². The first-order chi connectivity index (χ1) is 9.29. The lowest BCUT2D eigenvalue weighted by Crippen LogP contribution is -2.05. The molecule has 1 aliphatic rings. The molecule has 0 radical (unpaired) electrons. The minimum absolute atomic E-state index is 0.601. The molecule has 0 aliphatic heterocycles. The second kappa shape index (κ2) is 5.72. The Balaban J connectivity index is 1.89. The van der Waals surface area contributed by atoms with Gasteiger partial charge in [0, 0.05) is 18.8 Å². The predicted octanol–water partition coefficient (Wildman–Crippen LogP) is 4.66. The van der Waals surface area contributed by atoms with Crippen LogP contribution in [0.1, 0.15) is 31.5 Å². The van der Waals surface area contributed by atoms with Gasteiger partial charge in [0.1, 0.15) is 5.82 Å². The van der Waals surface area contributed by atoms with Crippen molar-refractivity contribution in [3.8, 4) is 0 Å². The van der Waals surface area contributed by atoms with Crippen molar-refractivity contribution in [2.75, 3.05) is 5.88 Å². The quantitative estimate of drug-likeness (QED) is 0.709. The number of hydrogen-bond donors (Lipinski definition) is 0. The Labute approximate surface area is 123 Å². The summed E-state index contributed by atoms with van der Waals surface area (Å²) >= 11 is 12.2. The topological polar surface area (TPSA) is 17.8 Å². The maximum Gasteiger partial charge on any atom is 0.111 e. The number of para-hydroxylation sites is 1. The highest BCUT2D eigenvalue weighted by Crippen LogP contribution is 2.34. The van der Waals surface area contributed by atoms with Crippen LogP contribution in [0.15, 0.2) is 18.2 Å². The zero-order valence-corrected chi connectivity index (χ0v) is 12.4. The number of alkyl halides is 1. The Hall–Kier alpha value is -0.730. The maximum atomic E-state index is 6.34. The van der Waals surface area contributed by atoms with Crippen molar-refractivity contribution in [1.29, 1.82) is 0 Å². The fraction of sp³-hybridized carbons (Fsp3) is 0.533. The van der Waals surface area contributed by atoms with Gasteiger partial charge in [-0.15, -0.1) is 11.6 Å². The highest BCUT2D eigenvalue weighted by molar-refractivity contribution is 6.35. The molecule has 0 bridgehead atoms. The monoisotopic (exact) mass is 296 g/mol. The van der Waals surface area contributed by atoms with E-state index in [0.29, 0.717) is 5.88 Å². The van der Waals surface area contributed by atoms with E-state index in [2.05, 4.69) is 9.55 Å². The van der Waals surface area contributed by atoms with Crippen LogP contribution < -0.4 is 0 Å². The minimum Gasteiger partial charge on any atom is -0.327 e. The van der Waals surface area contributed by atoms with Gasteiger partial charge in [-0.3, -0.25) is 0 Å². The summed E-state index contributed by atoms with van der Waals surface area (Å²) in [6.07, 6.45) is 6.16. The minimum atomic E-state index is 0.601. The van der Waals surface area contributed by atoms with Crippen molar-refractivity contribution in [3.05, 3.63) is 29.0 Å².